The fourth-order valence-electron chi connectivity index (χ4n) is 1.19. The van der Waals surface area contributed by atoms with Crippen molar-refractivity contribution in [1.29, 1.82) is 0 Å². The monoisotopic (exact) mass is 134 g/mol. The van der Waals surface area contributed by atoms with E-state index in [4.69, 9.17) is 13.7 Å². The molecule has 0 aromatic rings. The Balaban J connectivity index is 2.99. The van der Waals surface area contributed by atoms with Crippen LogP contribution in [0.4, 0.5) is 0 Å². The van der Waals surface area contributed by atoms with Gasteiger partial charge in [0.25, 0.3) is 0 Å². The molecular formula is C9H16. The summed E-state index contributed by atoms with van der Waals surface area (Å²) >= 11 is 0. The topological polar surface area (TPSA) is 0 Å². The van der Waals surface area contributed by atoms with Crippen molar-refractivity contribution in [2.75, 3.05) is 0 Å². The summed E-state index contributed by atoms with van der Waals surface area (Å²) in [6.45, 7) is 1.96. The van der Waals surface area contributed by atoms with E-state index in [1.54, 1.807) is 0 Å². The van der Waals surface area contributed by atoms with Gasteiger partial charge in [-0.3, -0.25) is 0 Å². The SMILES string of the molecule is [2H]C1([2H])C([2H])(C)C2([2H])C([2H])([2H])C1([2H])C([2H])([2H])[C@@]2([2H])C. The zero-order valence-electron chi connectivity index (χ0n) is 15.5. The first-order chi connectivity index (χ1) is 8.00. The van der Waals surface area contributed by atoms with Gasteiger partial charge in [-0.1, -0.05) is 13.8 Å². The molecule has 2 rings (SSSR count). The van der Waals surface area contributed by atoms with Gasteiger partial charge in [-0.2, -0.15) is 0 Å². The van der Waals surface area contributed by atoms with Crippen molar-refractivity contribution in [3.8, 4) is 0 Å². The van der Waals surface area contributed by atoms with E-state index in [-0.39, 0.29) is 0 Å². The van der Waals surface area contributed by atoms with Crippen molar-refractivity contribution in [3.63, 3.8) is 0 Å². The van der Waals surface area contributed by atoms with Gasteiger partial charge in [0, 0.05) is 13.7 Å². The number of hydrogen-bond donors (Lipinski definition) is 0. The van der Waals surface area contributed by atoms with Crippen molar-refractivity contribution >= 4 is 0 Å². The summed E-state index contributed by atoms with van der Waals surface area (Å²) in [7, 11) is 0. The van der Waals surface area contributed by atoms with Gasteiger partial charge in [-0.05, 0) is 42.7 Å². The number of hydrogen-bond acceptors (Lipinski definition) is 0. The maximum atomic E-state index is 8.27. The fraction of sp³-hybridized carbons (Fsp3) is 1.00. The molecule has 0 heterocycles. The van der Waals surface area contributed by atoms with Crippen LogP contribution in [0.25, 0.3) is 0 Å². The predicted molar refractivity (Wildman–Crippen MR) is 39.2 cm³/mol. The predicted octanol–water partition coefficient (Wildman–Crippen LogP) is 2.69. The molecule has 2 saturated carbocycles. The molecule has 0 aromatic carbocycles. The Morgan fingerprint density at radius 1 is 1.22 bits per heavy atom. The van der Waals surface area contributed by atoms with Gasteiger partial charge in [-0.25, -0.2) is 0 Å². The van der Waals surface area contributed by atoms with Crippen molar-refractivity contribution in [1.82, 2.24) is 0 Å². The number of fused-ring (bicyclic) bond motifs is 2. The molecule has 0 aliphatic heterocycles. The minimum absolute atomic E-state index is 0.982. The molecule has 0 spiro atoms. The average Bonchev–Trinajstić information content (AvgIpc) is 2.32. The van der Waals surface area contributed by atoms with Gasteiger partial charge in [0.05, 0.1) is 0 Å². The third-order valence-electron chi connectivity index (χ3n) is 1.62. The Kier molecular flexibility index (Phi) is 0.279. The molecule has 0 amide bonds. The standard InChI is InChI=1S/C9H16/c1-6-3-8-4-7(2)9(6)5-8/h6-9H,3-5H2,1-2H3/t6-,7?,8?,9?/m1/s1/i3D2,4D2,5D2,6D,7D,8D,9D. The second-order valence-electron chi connectivity index (χ2n) is 2.38. The molecule has 2 aliphatic rings. The summed E-state index contributed by atoms with van der Waals surface area (Å²) < 4.78 is 80.0. The molecule has 0 heteroatoms. The Labute approximate surface area is 71.7 Å². The molecule has 52 valence electrons. The van der Waals surface area contributed by atoms with E-state index in [9.17, 15) is 0 Å². The molecule has 0 radical (unpaired) electrons. The Morgan fingerprint density at radius 3 is 2.11 bits per heavy atom. The van der Waals surface area contributed by atoms with Crippen LogP contribution in [-0.2, 0) is 0 Å². The molecule has 2 fully saturated rings. The lowest BCUT2D eigenvalue weighted by Gasteiger charge is -2.23. The van der Waals surface area contributed by atoms with E-state index in [1.165, 1.54) is 0 Å². The maximum absolute atomic E-state index is 8.27. The lowest BCUT2D eigenvalue weighted by Crippen LogP contribution is -2.14. The molecule has 0 saturated heterocycles. The van der Waals surface area contributed by atoms with E-state index >= 15 is 0 Å². The molecule has 4 atom stereocenters. The van der Waals surface area contributed by atoms with E-state index in [0.717, 1.165) is 13.8 Å². The lowest BCUT2D eigenvalue weighted by molar-refractivity contribution is 0.272. The molecule has 2 bridgehead atoms. The smallest absolute Gasteiger partial charge is 0.0308 e. The van der Waals surface area contributed by atoms with E-state index in [1.807, 2.05) is 0 Å². The van der Waals surface area contributed by atoms with Gasteiger partial charge < -0.3 is 0 Å². The highest BCUT2D eigenvalue weighted by molar-refractivity contribution is 4.91. The second kappa shape index (κ2) is 1.74. The van der Waals surface area contributed by atoms with Crippen LogP contribution < -0.4 is 0 Å². The lowest BCUT2D eigenvalue weighted by atomic mass is 9.83. The zero-order chi connectivity index (χ0) is 15.5. The molecule has 0 nitrogen and oxygen atoms in total. The molecule has 0 N–H and O–H groups in total. The van der Waals surface area contributed by atoms with Crippen LogP contribution in [0.1, 0.15) is 46.7 Å². The summed E-state index contributed by atoms with van der Waals surface area (Å²) in [4.78, 5) is 0. The van der Waals surface area contributed by atoms with Crippen LogP contribution in [0.15, 0.2) is 0 Å². The van der Waals surface area contributed by atoms with Gasteiger partial charge in [0.15, 0.2) is 0 Å². The van der Waals surface area contributed by atoms with Crippen molar-refractivity contribution in [3.05, 3.63) is 0 Å². The minimum Gasteiger partial charge on any atom is -0.0622 e. The van der Waals surface area contributed by atoms with Crippen molar-refractivity contribution in [2.45, 2.75) is 33.0 Å². The normalized spacial score (nSPS) is 122. The highest BCUT2D eigenvalue weighted by Crippen LogP contribution is 2.51. The molecule has 3 unspecified atom stereocenters. The van der Waals surface area contributed by atoms with Crippen molar-refractivity contribution in [2.24, 2.45) is 23.6 Å². The summed E-state index contributed by atoms with van der Waals surface area (Å²) in [6.07, 6.45) is -8.75. The van der Waals surface area contributed by atoms with Crippen LogP contribution in [0.5, 0.6) is 0 Å². The summed E-state index contributed by atoms with van der Waals surface area (Å²) in [5.41, 5.74) is 0. The Hall–Kier alpha value is 0. The molecule has 0 aromatic heterocycles. The quantitative estimate of drug-likeness (QED) is 0.478. The minimum atomic E-state index is -2.98. The summed E-state index contributed by atoms with van der Waals surface area (Å²) in [5.74, 6) is -10.5. The van der Waals surface area contributed by atoms with Crippen LogP contribution >= 0.6 is 0 Å². The van der Waals surface area contributed by atoms with Gasteiger partial charge in [-0.15, -0.1) is 0 Å². The van der Waals surface area contributed by atoms with E-state index < -0.39 is 42.7 Å². The highest BCUT2D eigenvalue weighted by atomic mass is 14.5. The third kappa shape index (κ3) is 0.720. The fourth-order valence-corrected chi connectivity index (χ4v) is 1.19. The largest absolute Gasteiger partial charge is 0.0622 e. The van der Waals surface area contributed by atoms with Crippen molar-refractivity contribution < 1.29 is 13.7 Å². The first-order valence-electron chi connectivity index (χ1n) is 8.00. The van der Waals surface area contributed by atoms with Gasteiger partial charge >= 0.3 is 0 Å². The Morgan fingerprint density at radius 2 is 1.78 bits per heavy atom. The molecular weight excluding hydrogens is 108 g/mol. The van der Waals surface area contributed by atoms with Crippen LogP contribution in [0.2, 0.25) is 0 Å². The average molecular weight is 134 g/mol. The van der Waals surface area contributed by atoms with Gasteiger partial charge in [0.2, 0.25) is 0 Å². The highest BCUT2D eigenvalue weighted by Gasteiger charge is 2.41. The zero-order valence-corrected chi connectivity index (χ0v) is 5.50. The Bertz CT molecular complexity index is 380. The first-order valence-corrected chi connectivity index (χ1v) is 3.00. The molecule has 2 aliphatic carbocycles. The van der Waals surface area contributed by atoms with Gasteiger partial charge in [0.1, 0.15) is 0 Å². The molecule has 9 heavy (non-hydrogen) atoms. The van der Waals surface area contributed by atoms with Crippen LogP contribution in [0, 0.1) is 23.6 Å². The van der Waals surface area contributed by atoms with E-state index in [0.29, 0.717) is 0 Å². The summed E-state index contributed by atoms with van der Waals surface area (Å²) in [6, 6.07) is 0. The second-order valence-corrected chi connectivity index (χ2v) is 2.38. The summed E-state index contributed by atoms with van der Waals surface area (Å²) in [5, 5.41) is 0. The van der Waals surface area contributed by atoms with E-state index in [2.05, 4.69) is 0 Å². The first kappa shape index (κ1) is 1.44. The van der Waals surface area contributed by atoms with Crippen LogP contribution in [-0.4, -0.2) is 0 Å². The third-order valence-corrected chi connectivity index (χ3v) is 1.62. The van der Waals surface area contributed by atoms with Crippen LogP contribution in [0.3, 0.4) is 0 Å². The maximum Gasteiger partial charge on any atom is 0.0308 e. The number of rotatable bonds is 0.